The Labute approximate surface area is 168 Å². The number of aromatic nitrogens is 1. The van der Waals surface area contributed by atoms with Gasteiger partial charge in [0.25, 0.3) is 5.91 Å². The van der Waals surface area contributed by atoms with Crippen molar-refractivity contribution in [2.24, 2.45) is 7.05 Å². The molecule has 3 aromatic rings. The molecule has 3 rings (SSSR count). The third kappa shape index (κ3) is 3.30. The van der Waals surface area contributed by atoms with Gasteiger partial charge in [-0.1, -0.05) is 23.7 Å². The maximum Gasteiger partial charge on any atom is 0.257 e. The van der Waals surface area contributed by atoms with Crippen LogP contribution >= 0.6 is 11.6 Å². The van der Waals surface area contributed by atoms with E-state index in [4.69, 9.17) is 21.1 Å². The molecule has 0 bridgehead atoms. The molecule has 148 valence electrons. The molecule has 1 unspecified atom stereocenters. The Balaban J connectivity index is 2.43. The first-order chi connectivity index (χ1) is 13.3. The number of nitrogens with zero attached hydrogens (tertiary/aromatic N) is 2. The lowest BCUT2D eigenvalue weighted by atomic mass is 9.98. The van der Waals surface area contributed by atoms with Crippen molar-refractivity contribution in [1.82, 2.24) is 9.47 Å². The summed E-state index contributed by atoms with van der Waals surface area (Å²) in [7, 11) is 8.19. The van der Waals surface area contributed by atoms with Gasteiger partial charge in [0.15, 0.2) is 6.10 Å². The normalized spacial score (nSPS) is 12.1. The van der Waals surface area contributed by atoms with E-state index in [-0.39, 0.29) is 0 Å². The summed E-state index contributed by atoms with van der Waals surface area (Å²) in [6.07, 6.45) is -1.34. The molecule has 1 atom stereocenters. The van der Waals surface area contributed by atoms with Gasteiger partial charge in [0.05, 0.1) is 30.8 Å². The highest BCUT2D eigenvalue weighted by atomic mass is 35.5. The fourth-order valence-corrected chi connectivity index (χ4v) is 3.51. The molecule has 0 fully saturated rings. The number of carbonyl (C=O) groups excluding carboxylic acids is 1. The van der Waals surface area contributed by atoms with E-state index in [0.29, 0.717) is 22.2 Å². The second-order valence-electron chi connectivity index (χ2n) is 6.69. The standard InChI is InChI=1S/C21H23ClN2O4/c1-23(2)21(26)20(25)19-17(12-6-8-13(22)9-7-12)18-15(24(19)3)10-14(27-4)11-16(18)28-5/h6-11,20,25H,1-5H3. The van der Waals surface area contributed by atoms with Crippen LogP contribution in [0.3, 0.4) is 0 Å². The maximum absolute atomic E-state index is 12.6. The smallest absolute Gasteiger partial charge is 0.257 e. The predicted molar refractivity (Wildman–Crippen MR) is 110 cm³/mol. The second-order valence-corrected chi connectivity index (χ2v) is 7.12. The third-order valence-corrected chi connectivity index (χ3v) is 5.06. The molecule has 0 aliphatic rings. The van der Waals surface area contributed by atoms with E-state index in [1.807, 2.05) is 25.2 Å². The molecular weight excluding hydrogens is 380 g/mol. The quantitative estimate of drug-likeness (QED) is 0.707. The van der Waals surface area contributed by atoms with E-state index in [0.717, 1.165) is 22.0 Å². The summed E-state index contributed by atoms with van der Waals surface area (Å²) in [5, 5.41) is 12.3. The van der Waals surface area contributed by atoms with Crippen molar-refractivity contribution < 1.29 is 19.4 Å². The van der Waals surface area contributed by atoms with Gasteiger partial charge in [-0.25, -0.2) is 0 Å². The second kappa shape index (κ2) is 7.73. The Morgan fingerprint density at radius 2 is 1.79 bits per heavy atom. The van der Waals surface area contributed by atoms with Gasteiger partial charge in [0, 0.05) is 43.9 Å². The summed E-state index contributed by atoms with van der Waals surface area (Å²) in [5.41, 5.74) is 2.79. The monoisotopic (exact) mass is 402 g/mol. The van der Waals surface area contributed by atoms with Crippen LogP contribution < -0.4 is 9.47 Å². The lowest BCUT2D eigenvalue weighted by molar-refractivity contribution is -0.138. The molecule has 0 saturated heterocycles. The average Bonchev–Trinajstić information content (AvgIpc) is 2.99. The molecule has 1 N–H and O–H groups in total. The van der Waals surface area contributed by atoms with Crippen molar-refractivity contribution in [2.75, 3.05) is 28.3 Å². The minimum Gasteiger partial charge on any atom is -0.497 e. The van der Waals surface area contributed by atoms with Crippen LogP contribution in [0, 0.1) is 0 Å². The zero-order valence-corrected chi connectivity index (χ0v) is 17.2. The average molecular weight is 403 g/mol. The number of benzene rings is 2. The Bertz CT molecular complexity index is 1030. The van der Waals surface area contributed by atoms with Gasteiger partial charge in [0.2, 0.25) is 0 Å². The fraction of sp³-hybridized carbons (Fsp3) is 0.286. The number of fused-ring (bicyclic) bond motifs is 1. The first kappa shape index (κ1) is 20.0. The number of hydrogen-bond donors (Lipinski definition) is 1. The van der Waals surface area contributed by atoms with Gasteiger partial charge < -0.3 is 24.0 Å². The van der Waals surface area contributed by atoms with E-state index in [2.05, 4.69) is 0 Å². The number of aliphatic hydroxyl groups is 1. The van der Waals surface area contributed by atoms with Crippen LogP contribution in [-0.2, 0) is 11.8 Å². The van der Waals surface area contributed by atoms with Crippen molar-refractivity contribution in [2.45, 2.75) is 6.10 Å². The summed E-state index contributed by atoms with van der Waals surface area (Å²) in [6.45, 7) is 0. The highest BCUT2D eigenvalue weighted by Crippen LogP contribution is 2.44. The minimum absolute atomic E-state index is 0.410. The van der Waals surface area contributed by atoms with Gasteiger partial charge in [-0.2, -0.15) is 0 Å². The van der Waals surface area contributed by atoms with Crippen molar-refractivity contribution in [3.05, 3.63) is 47.1 Å². The zero-order chi connectivity index (χ0) is 20.6. The Kier molecular flexibility index (Phi) is 5.54. The van der Waals surface area contributed by atoms with Crippen LogP contribution in [0.2, 0.25) is 5.02 Å². The number of ether oxygens (including phenoxy) is 2. The van der Waals surface area contributed by atoms with E-state index in [1.165, 1.54) is 4.90 Å². The summed E-state index contributed by atoms with van der Waals surface area (Å²) >= 11 is 6.06. The molecular formula is C21H23ClN2O4. The molecule has 0 saturated carbocycles. The van der Waals surface area contributed by atoms with Gasteiger partial charge in [0.1, 0.15) is 11.5 Å². The Morgan fingerprint density at radius 1 is 1.14 bits per heavy atom. The Morgan fingerprint density at radius 3 is 2.32 bits per heavy atom. The highest BCUT2D eigenvalue weighted by molar-refractivity contribution is 6.30. The summed E-state index contributed by atoms with van der Waals surface area (Å²) in [6, 6.07) is 10.9. The molecule has 7 heteroatoms. The van der Waals surface area contributed by atoms with Crippen LogP contribution in [-0.4, -0.2) is 48.8 Å². The van der Waals surface area contributed by atoms with Gasteiger partial charge in [-0.15, -0.1) is 0 Å². The third-order valence-electron chi connectivity index (χ3n) is 4.81. The molecule has 6 nitrogen and oxygen atoms in total. The zero-order valence-electron chi connectivity index (χ0n) is 16.5. The number of carbonyl (C=O) groups is 1. The number of aliphatic hydroxyl groups excluding tert-OH is 1. The SMILES string of the molecule is COc1cc(OC)c2c(-c3ccc(Cl)cc3)c(C(O)C(=O)N(C)C)n(C)c2c1. The maximum atomic E-state index is 12.6. The van der Waals surface area contributed by atoms with Crippen LogP contribution in [0.25, 0.3) is 22.0 Å². The highest BCUT2D eigenvalue weighted by Gasteiger charge is 2.30. The molecule has 0 aliphatic heterocycles. The molecule has 0 radical (unpaired) electrons. The molecule has 0 aliphatic carbocycles. The van der Waals surface area contributed by atoms with Crippen molar-refractivity contribution >= 4 is 28.4 Å². The van der Waals surface area contributed by atoms with Gasteiger partial charge >= 0.3 is 0 Å². The number of aryl methyl sites for hydroxylation is 1. The van der Waals surface area contributed by atoms with E-state index in [9.17, 15) is 9.90 Å². The van der Waals surface area contributed by atoms with Crippen LogP contribution in [0.5, 0.6) is 11.5 Å². The molecule has 0 spiro atoms. The van der Waals surface area contributed by atoms with E-state index < -0.39 is 12.0 Å². The molecule has 2 aromatic carbocycles. The molecule has 28 heavy (non-hydrogen) atoms. The summed E-state index contributed by atoms with van der Waals surface area (Å²) < 4.78 is 12.8. The van der Waals surface area contributed by atoms with Crippen molar-refractivity contribution in [3.63, 3.8) is 0 Å². The number of hydrogen-bond acceptors (Lipinski definition) is 4. The number of methoxy groups -OCH3 is 2. The number of halogens is 1. The lowest BCUT2D eigenvalue weighted by Gasteiger charge is -2.18. The fourth-order valence-electron chi connectivity index (χ4n) is 3.39. The lowest BCUT2D eigenvalue weighted by Crippen LogP contribution is -2.29. The molecule has 1 heterocycles. The van der Waals surface area contributed by atoms with Crippen molar-refractivity contribution in [1.29, 1.82) is 0 Å². The first-order valence-electron chi connectivity index (χ1n) is 8.69. The molecule has 1 amide bonds. The van der Waals surface area contributed by atoms with Crippen LogP contribution in [0.4, 0.5) is 0 Å². The van der Waals surface area contributed by atoms with Crippen LogP contribution in [0.1, 0.15) is 11.8 Å². The van der Waals surface area contributed by atoms with E-state index in [1.54, 1.807) is 51.1 Å². The largest absolute Gasteiger partial charge is 0.497 e. The summed E-state index contributed by atoms with van der Waals surface area (Å²) in [5.74, 6) is 0.797. The topological polar surface area (TPSA) is 63.9 Å². The van der Waals surface area contributed by atoms with Crippen molar-refractivity contribution in [3.8, 4) is 22.6 Å². The Hall–Kier alpha value is -2.70. The number of likely N-dealkylation sites (N-methyl/N-ethyl adjacent to an activating group) is 1. The van der Waals surface area contributed by atoms with E-state index >= 15 is 0 Å². The first-order valence-corrected chi connectivity index (χ1v) is 9.07. The summed E-state index contributed by atoms with van der Waals surface area (Å²) in [4.78, 5) is 13.9. The number of rotatable bonds is 5. The minimum atomic E-state index is -1.34. The molecule has 1 aromatic heterocycles. The van der Waals surface area contributed by atoms with Gasteiger partial charge in [-0.05, 0) is 17.7 Å². The van der Waals surface area contributed by atoms with Gasteiger partial charge in [-0.3, -0.25) is 4.79 Å². The number of amides is 1. The predicted octanol–water partition coefficient (Wildman–Crippen LogP) is 3.64. The van der Waals surface area contributed by atoms with Crippen LogP contribution in [0.15, 0.2) is 36.4 Å².